The van der Waals surface area contributed by atoms with Gasteiger partial charge >= 0.3 is 0 Å². The maximum atomic E-state index is 2.45. The highest BCUT2D eigenvalue weighted by atomic mass is 14.4. The number of allylic oxidation sites excluding steroid dienone is 1. The van der Waals surface area contributed by atoms with Gasteiger partial charge in [0.05, 0.1) is 0 Å². The second kappa shape index (κ2) is 6.16. The molecule has 0 N–H and O–H groups in total. The van der Waals surface area contributed by atoms with E-state index >= 15 is 0 Å². The van der Waals surface area contributed by atoms with Crippen LogP contribution in [0.2, 0.25) is 0 Å². The molecule has 2 aromatic rings. The Balaban J connectivity index is 2.07. The molecular formula is C25H32. The van der Waals surface area contributed by atoms with Crippen molar-refractivity contribution in [3.05, 3.63) is 69.8 Å². The molecule has 0 saturated carbocycles. The summed E-state index contributed by atoms with van der Waals surface area (Å²) in [5, 5.41) is 0. The van der Waals surface area contributed by atoms with Crippen molar-refractivity contribution in [3.63, 3.8) is 0 Å². The third-order valence-corrected chi connectivity index (χ3v) is 6.11. The molecule has 0 atom stereocenters. The van der Waals surface area contributed by atoms with Crippen LogP contribution in [-0.2, 0) is 10.8 Å². The zero-order chi connectivity index (χ0) is 18.4. The molecule has 0 fully saturated rings. The van der Waals surface area contributed by atoms with Gasteiger partial charge in [0.25, 0.3) is 0 Å². The van der Waals surface area contributed by atoms with Crippen LogP contribution in [0.4, 0.5) is 0 Å². The lowest BCUT2D eigenvalue weighted by Crippen LogP contribution is -2.33. The molecule has 0 amide bonds. The van der Waals surface area contributed by atoms with E-state index in [1.165, 1.54) is 51.8 Å². The number of rotatable bonds is 2. The summed E-state index contributed by atoms with van der Waals surface area (Å²) in [5.74, 6) is 0. The number of benzene rings is 2. The molecule has 0 aromatic heterocycles. The Morgan fingerprint density at radius 3 is 2.16 bits per heavy atom. The average Bonchev–Trinajstić information content (AvgIpc) is 2.55. The van der Waals surface area contributed by atoms with E-state index in [-0.39, 0.29) is 10.8 Å². The van der Waals surface area contributed by atoms with Gasteiger partial charge in [-0.25, -0.2) is 0 Å². The van der Waals surface area contributed by atoms with Crippen molar-refractivity contribution in [3.8, 4) is 0 Å². The van der Waals surface area contributed by atoms with Crippen LogP contribution in [0, 0.1) is 13.8 Å². The van der Waals surface area contributed by atoms with E-state index in [0.717, 1.165) is 0 Å². The maximum absolute atomic E-state index is 2.45. The Hall–Kier alpha value is -1.82. The summed E-state index contributed by atoms with van der Waals surface area (Å²) in [6, 6.07) is 13.8. The zero-order valence-corrected chi connectivity index (χ0v) is 17.0. The first kappa shape index (κ1) is 18.0. The van der Waals surface area contributed by atoms with Crippen molar-refractivity contribution >= 4 is 11.6 Å². The number of aryl methyl sites for hydroxylation is 2. The standard InChI is InChI=1S/C25H32/c1-17-8-9-18(2)21(14-17)15-19(3)20-10-11-22-23(16-20)25(6,7)13-12-24(22,4)5/h8-11,14-16H,12-13H2,1-7H3/b19-15+. The lowest BCUT2D eigenvalue weighted by atomic mass is 9.63. The number of fused-ring (bicyclic) bond motifs is 1. The van der Waals surface area contributed by atoms with Crippen LogP contribution in [0.1, 0.15) is 80.8 Å². The highest BCUT2D eigenvalue weighted by molar-refractivity contribution is 5.81. The van der Waals surface area contributed by atoms with Gasteiger partial charge in [0.2, 0.25) is 0 Å². The zero-order valence-electron chi connectivity index (χ0n) is 17.0. The minimum Gasteiger partial charge on any atom is -0.0590 e. The van der Waals surface area contributed by atoms with Gasteiger partial charge in [-0.1, -0.05) is 75.7 Å². The third-order valence-electron chi connectivity index (χ3n) is 6.11. The Labute approximate surface area is 154 Å². The fourth-order valence-corrected chi connectivity index (χ4v) is 4.07. The molecule has 3 rings (SSSR count). The molecule has 0 radical (unpaired) electrons. The smallest absolute Gasteiger partial charge is 0.0100 e. The van der Waals surface area contributed by atoms with Gasteiger partial charge in [-0.3, -0.25) is 0 Å². The van der Waals surface area contributed by atoms with E-state index in [1.807, 2.05) is 0 Å². The highest BCUT2D eigenvalue weighted by Gasteiger charge is 2.36. The molecule has 0 aliphatic heterocycles. The van der Waals surface area contributed by atoms with Crippen molar-refractivity contribution in [2.75, 3.05) is 0 Å². The van der Waals surface area contributed by atoms with Gasteiger partial charge in [-0.2, -0.15) is 0 Å². The van der Waals surface area contributed by atoms with Crippen LogP contribution in [-0.4, -0.2) is 0 Å². The molecular weight excluding hydrogens is 300 g/mol. The molecule has 25 heavy (non-hydrogen) atoms. The van der Waals surface area contributed by atoms with E-state index < -0.39 is 0 Å². The summed E-state index contributed by atoms with van der Waals surface area (Å²) in [4.78, 5) is 0. The second-order valence-corrected chi connectivity index (χ2v) is 9.22. The quantitative estimate of drug-likeness (QED) is 0.509. The first-order valence-corrected chi connectivity index (χ1v) is 9.51. The van der Waals surface area contributed by atoms with Crippen LogP contribution in [0.3, 0.4) is 0 Å². The SMILES string of the molecule is C/C(=C\c1cc(C)ccc1C)c1ccc2c(c1)C(C)(C)CCC2(C)C. The van der Waals surface area contributed by atoms with Gasteiger partial charge in [-0.05, 0) is 77.8 Å². The van der Waals surface area contributed by atoms with Gasteiger partial charge < -0.3 is 0 Å². The molecule has 0 bridgehead atoms. The monoisotopic (exact) mass is 332 g/mol. The van der Waals surface area contributed by atoms with Crippen LogP contribution in [0.15, 0.2) is 36.4 Å². The summed E-state index contributed by atoms with van der Waals surface area (Å²) in [5.41, 5.74) is 10.3. The normalized spacial score (nSPS) is 18.8. The minimum absolute atomic E-state index is 0.264. The highest BCUT2D eigenvalue weighted by Crippen LogP contribution is 2.46. The summed E-state index contributed by atoms with van der Waals surface area (Å²) < 4.78 is 0. The molecule has 0 nitrogen and oxygen atoms in total. The second-order valence-electron chi connectivity index (χ2n) is 9.22. The topological polar surface area (TPSA) is 0 Å². The average molecular weight is 333 g/mol. The van der Waals surface area contributed by atoms with E-state index in [1.54, 1.807) is 0 Å². The molecule has 1 aliphatic carbocycles. The molecule has 132 valence electrons. The van der Waals surface area contributed by atoms with Gasteiger partial charge in [0.1, 0.15) is 0 Å². The maximum Gasteiger partial charge on any atom is -0.0100 e. The molecule has 0 unspecified atom stereocenters. The first-order valence-electron chi connectivity index (χ1n) is 9.51. The molecule has 0 spiro atoms. The summed E-state index contributed by atoms with van der Waals surface area (Å²) in [6.45, 7) is 16.2. The largest absolute Gasteiger partial charge is 0.0590 e. The van der Waals surface area contributed by atoms with Gasteiger partial charge in [0, 0.05) is 0 Å². The number of hydrogen-bond donors (Lipinski definition) is 0. The minimum atomic E-state index is 0.264. The van der Waals surface area contributed by atoms with E-state index in [0.29, 0.717) is 0 Å². The molecule has 1 aliphatic rings. The molecule has 2 aromatic carbocycles. The van der Waals surface area contributed by atoms with Crippen LogP contribution in [0.5, 0.6) is 0 Å². The predicted molar refractivity (Wildman–Crippen MR) is 111 cm³/mol. The van der Waals surface area contributed by atoms with Crippen molar-refractivity contribution in [2.45, 2.75) is 72.1 Å². The first-order chi connectivity index (χ1) is 11.6. The van der Waals surface area contributed by atoms with E-state index in [9.17, 15) is 0 Å². The Morgan fingerprint density at radius 1 is 0.840 bits per heavy atom. The van der Waals surface area contributed by atoms with Crippen LogP contribution >= 0.6 is 0 Å². The van der Waals surface area contributed by atoms with Gasteiger partial charge in [-0.15, -0.1) is 0 Å². The van der Waals surface area contributed by atoms with Crippen LogP contribution < -0.4 is 0 Å². The Bertz CT molecular complexity index is 831. The number of hydrogen-bond acceptors (Lipinski definition) is 0. The lowest BCUT2D eigenvalue weighted by molar-refractivity contribution is 0.332. The lowest BCUT2D eigenvalue weighted by Gasteiger charge is -2.42. The molecule has 0 saturated heterocycles. The van der Waals surface area contributed by atoms with E-state index in [2.05, 4.69) is 90.9 Å². The Morgan fingerprint density at radius 2 is 1.48 bits per heavy atom. The predicted octanol–water partition coefficient (Wildman–Crippen LogP) is 7.21. The fraction of sp³-hybridized carbons (Fsp3) is 0.440. The van der Waals surface area contributed by atoms with Gasteiger partial charge in [0.15, 0.2) is 0 Å². The van der Waals surface area contributed by atoms with Crippen molar-refractivity contribution in [2.24, 2.45) is 0 Å². The van der Waals surface area contributed by atoms with Crippen molar-refractivity contribution in [1.29, 1.82) is 0 Å². The summed E-state index contributed by atoms with van der Waals surface area (Å²) in [7, 11) is 0. The van der Waals surface area contributed by atoms with Crippen LogP contribution in [0.25, 0.3) is 11.6 Å². The van der Waals surface area contributed by atoms with E-state index in [4.69, 9.17) is 0 Å². The third kappa shape index (κ3) is 3.45. The van der Waals surface area contributed by atoms with Crippen molar-refractivity contribution in [1.82, 2.24) is 0 Å². The summed E-state index contributed by atoms with van der Waals surface area (Å²) in [6.07, 6.45) is 4.87. The van der Waals surface area contributed by atoms with Crippen molar-refractivity contribution < 1.29 is 0 Å². The Kier molecular flexibility index (Phi) is 4.43. The fourth-order valence-electron chi connectivity index (χ4n) is 4.07. The molecule has 0 heterocycles. The molecule has 0 heteroatoms. The summed E-state index contributed by atoms with van der Waals surface area (Å²) >= 11 is 0.